The second-order valence-electron chi connectivity index (χ2n) is 7.58. The molecular weight excluding hydrogens is 292 g/mol. The zero-order valence-electron chi connectivity index (χ0n) is 16.9. The van der Waals surface area contributed by atoms with E-state index in [9.17, 15) is 0 Å². The van der Waals surface area contributed by atoms with E-state index < -0.39 is 0 Å². The molecular formula is C22H44N2. The topological polar surface area (TPSA) is 6.48 Å². The van der Waals surface area contributed by atoms with Crippen LogP contribution >= 0.6 is 0 Å². The first-order valence-corrected chi connectivity index (χ1v) is 11.0. The lowest BCUT2D eigenvalue weighted by Crippen LogP contribution is -2.39. The number of nitrogens with zero attached hydrogens (tertiary/aromatic N) is 2. The molecule has 1 heterocycles. The van der Waals surface area contributed by atoms with Gasteiger partial charge in [-0.15, -0.1) is 0 Å². The standard InChI is InChI=1S/C22H44N2/c1-4-7-10-13-16-19-24-21-20-23(18-15-12-9-6-3)22(24)17-14-11-8-5-2/h20-22H,4-19H2,1-3H3. The van der Waals surface area contributed by atoms with Gasteiger partial charge >= 0.3 is 0 Å². The number of hydrogen-bond acceptors (Lipinski definition) is 2. The van der Waals surface area contributed by atoms with Crippen molar-refractivity contribution in [3.05, 3.63) is 12.4 Å². The molecule has 2 heteroatoms. The average molecular weight is 337 g/mol. The molecule has 0 spiro atoms. The van der Waals surface area contributed by atoms with Crippen LogP contribution in [-0.2, 0) is 0 Å². The monoisotopic (exact) mass is 336 g/mol. The SMILES string of the molecule is CCCCCCCN1C=CN(CCCCCC)C1CCCCCC. The summed E-state index contributed by atoms with van der Waals surface area (Å²) in [7, 11) is 0. The highest BCUT2D eigenvalue weighted by atomic mass is 15.4. The van der Waals surface area contributed by atoms with E-state index in [1.807, 2.05) is 0 Å². The summed E-state index contributed by atoms with van der Waals surface area (Å²) < 4.78 is 0. The summed E-state index contributed by atoms with van der Waals surface area (Å²) in [5.41, 5.74) is 0. The van der Waals surface area contributed by atoms with Crippen LogP contribution in [0.1, 0.15) is 111 Å². The molecule has 0 fully saturated rings. The van der Waals surface area contributed by atoms with E-state index in [1.54, 1.807) is 0 Å². The second-order valence-corrected chi connectivity index (χ2v) is 7.58. The molecule has 0 N–H and O–H groups in total. The van der Waals surface area contributed by atoms with Gasteiger partial charge in [0.2, 0.25) is 0 Å². The first kappa shape index (κ1) is 21.4. The van der Waals surface area contributed by atoms with Crippen molar-refractivity contribution in [3.63, 3.8) is 0 Å². The quantitative estimate of drug-likeness (QED) is 0.282. The lowest BCUT2D eigenvalue weighted by atomic mass is 10.1. The van der Waals surface area contributed by atoms with Crippen molar-refractivity contribution in [2.75, 3.05) is 13.1 Å². The van der Waals surface area contributed by atoms with Gasteiger partial charge < -0.3 is 9.80 Å². The van der Waals surface area contributed by atoms with Gasteiger partial charge in [-0.05, 0) is 25.7 Å². The van der Waals surface area contributed by atoms with Gasteiger partial charge in [-0.3, -0.25) is 0 Å². The van der Waals surface area contributed by atoms with Crippen molar-refractivity contribution in [1.82, 2.24) is 9.80 Å². The minimum atomic E-state index is 0.648. The highest BCUT2D eigenvalue weighted by molar-refractivity contribution is 4.96. The van der Waals surface area contributed by atoms with E-state index in [0.29, 0.717) is 6.17 Å². The molecule has 1 rings (SSSR count). The van der Waals surface area contributed by atoms with Crippen molar-refractivity contribution < 1.29 is 0 Å². The Hall–Kier alpha value is -0.660. The van der Waals surface area contributed by atoms with Crippen LogP contribution in [0.2, 0.25) is 0 Å². The summed E-state index contributed by atoms with van der Waals surface area (Å²) in [4.78, 5) is 5.27. The third kappa shape index (κ3) is 8.99. The van der Waals surface area contributed by atoms with Crippen LogP contribution in [0.4, 0.5) is 0 Å². The molecule has 0 radical (unpaired) electrons. The molecule has 1 aliphatic heterocycles. The molecule has 1 atom stereocenters. The van der Waals surface area contributed by atoms with Gasteiger partial charge in [0.05, 0.1) is 0 Å². The van der Waals surface area contributed by atoms with Crippen LogP contribution in [-0.4, -0.2) is 29.1 Å². The molecule has 142 valence electrons. The molecule has 0 aliphatic carbocycles. The van der Waals surface area contributed by atoms with E-state index in [2.05, 4.69) is 43.0 Å². The van der Waals surface area contributed by atoms with Crippen molar-refractivity contribution in [2.24, 2.45) is 0 Å². The highest BCUT2D eigenvalue weighted by Gasteiger charge is 2.24. The van der Waals surface area contributed by atoms with Crippen LogP contribution in [0.15, 0.2) is 12.4 Å². The Labute approximate surface area is 152 Å². The summed E-state index contributed by atoms with van der Waals surface area (Å²) in [6, 6.07) is 0. The molecule has 1 aliphatic rings. The van der Waals surface area contributed by atoms with Gasteiger partial charge in [-0.1, -0.05) is 85.0 Å². The molecule has 0 saturated carbocycles. The molecule has 0 saturated heterocycles. The molecule has 0 aromatic carbocycles. The smallest absolute Gasteiger partial charge is 0.101 e. The maximum Gasteiger partial charge on any atom is 0.101 e. The van der Waals surface area contributed by atoms with Crippen LogP contribution in [0.25, 0.3) is 0 Å². The normalized spacial score (nSPS) is 17.2. The van der Waals surface area contributed by atoms with Crippen molar-refractivity contribution in [2.45, 2.75) is 117 Å². The minimum Gasteiger partial charge on any atom is -0.356 e. The summed E-state index contributed by atoms with van der Waals surface area (Å²) >= 11 is 0. The van der Waals surface area contributed by atoms with Gasteiger partial charge in [0, 0.05) is 25.5 Å². The van der Waals surface area contributed by atoms with Crippen LogP contribution < -0.4 is 0 Å². The maximum absolute atomic E-state index is 2.64. The van der Waals surface area contributed by atoms with Gasteiger partial charge in [0.1, 0.15) is 6.17 Å². The highest BCUT2D eigenvalue weighted by Crippen LogP contribution is 2.23. The summed E-state index contributed by atoms with van der Waals surface area (Å²) in [5, 5.41) is 0. The first-order valence-electron chi connectivity index (χ1n) is 11.0. The summed E-state index contributed by atoms with van der Waals surface area (Å²) in [6.45, 7) is 9.41. The fourth-order valence-corrected chi connectivity index (χ4v) is 3.71. The first-order chi connectivity index (χ1) is 11.8. The van der Waals surface area contributed by atoms with E-state index in [-0.39, 0.29) is 0 Å². The van der Waals surface area contributed by atoms with E-state index in [1.165, 1.54) is 103 Å². The zero-order chi connectivity index (χ0) is 17.5. The lowest BCUT2D eigenvalue weighted by molar-refractivity contribution is 0.135. The van der Waals surface area contributed by atoms with Gasteiger partial charge in [0.15, 0.2) is 0 Å². The summed E-state index contributed by atoms with van der Waals surface area (Å²) in [6.07, 6.45) is 24.7. The number of unbranched alkanes of at least 4 members (excludes halogenated alkanes) is 10. The van der Waals surface area contributed by atoms with Gasteiger partial charge in [0.25, 0.3) is 0 Å². The lowest BCUT2D eigenvalue weighted by Gasteiger charge is -2.33. The fraction of sp³-hybridized carbons (Fsp3) is 0.909. The Morgan fingerprint density at radius 3 is 1.46 bits per heavy atom. The van der Waals surface area contributed by atoms with Crippen molar-refractivity contribution >= 4 is 0 Å². The van der Waals surface area contributed by atoms with Crippen molar-refractivity contribution in [1.29, 1.82) is 0 Å². The molecule has 0 bridgehead atoms. The Morgan fingerprint density at radius 1 is 0.542 bits per heavy atom. The Morgan fingerprint density at radius 2 is 0.958 bits per heavy atom. The number of rotatable bonds is 16. The van der Waals surface area contributed by atoms with E-state index in [0.717, 1.165) is 0 Å². The molecule has 24 heavy (non-hydrogen) atoms. The fourth-order valence-electron chi connectivity index (χ4n) is 3.71. The largest absolute Gasteiger partial charge is 0.356 e. The molecule has 2 nitrogen and oxygen atoms in total. The molecule has 0 aromatic heterocycles. The van der Waals surface area contributed by atoms with Crippen LogP contribution in [0.3, 0.4) is 0 Å². The maximum atomic E-state index is 2.64. The van der Waals surface area contributed by atoms with Crippen LogP contribution in [0, 0.1) is 0 Å². The molecule has 0 amide bonds. The third-order valence-electron chi connectivity index (χ3n) is 5.32. The predicted molar refractivity (Wildman–Crippen MR) is 108 cm³/mol. The van der Waals surface area contributed by atoms with Crippen LogP contribution in [0.5, 0.6) is 0 Å². The Bertz CT molecular complexity index is 300. The summed E-state index contributed by atoms with van der Waals surface area (Å²) in [5.74, 6) is 0. The van der Waals surface area contributed by atoms with E-state index >= 15 is 0 Å². The minimum absolute atomic E-state index is 0.648. The Balaban J connectivity index is 2.35. The van der Waals surface area contributed by atoms with E-state index in [4.69, 9.17) is 0 Å². The van der Waals surface area contributed by atoms with Gasteiger partial charge in [-0.2, -0.15) is 0 Å². The molecule has 1 unspecified atom stereocenters. The Kier molecular flexibility index (Phi) is 13.1. The van der Waals surface area contributed by atoms with Crippen molar-refractivity contribution in [3.8, 4) is 0 Å². The predicted octanol–water partition coefficient (Wildman–Crippen LogP) is 6.92. The average Bonchev–Trinajstić information content (AvgIpc) is 2.97. The third-order valence-corrected chi connectivity index (χ3v) is 5.32. The second kappa shape index (κ2) is 14.7. The zero-order valence-corrected chi connectivity index (χ0v) is 16.9. The van der Waals surface area contributed by atoms with Gasteiger partial charge in [-0.25, -0.2) is 0 Å². The number of hydrogen-bond donors (Lipinski definition) is 0. The molecule has 0 aromatic rings.